The van der Waals surface area contributed by atoms with Gasteiger partial charge in [-0.15, -0.1) is 10.2 Å². The van der Waals surface area contributed by atoms with Crippen LogP contribution in [0.4, 0.5) is 0 Å². The molecule has 0 unspecified atom stereocenters. The lowest BCUT2D eigenvalue weighted by Gasteiger charge is -2.11. The third-order valence-electron chi connectivity index (χ3n) is 1.40. The van der Waals surface area contributed by atoms with Crippen LogP contribution in [-0.2, 0) is 17.9 Å². The molecule has 2 rings (SSSR count). The Morgan fingerprint density at radius 3 is 3.56 bits per heavy atom. The summed E-state index contributed by atoms with van der Waals surface area (Å²) in [5.41, 5.74) is 0. The molecule has 2 heterocycles. The van der Waals surface area contributed by atoms with E-state index in [4.69, 9.17) is 4.74 Å². The Kier molecular flexibility index (Phi) is 0.989. The Balaban J connectivity index is 2.39. The fourth-order valence-electron chi connectivity index (χ4n) is 0.904. The van der Waals surface area contributed by atoms with Crippen LogP contribution in [0.15, 0.2) is 6.33 Å². The Bertz CT molecular complexity index is 187. The van der Waals surface area contributed by atoms with E-state index in [2.05, 4.69) is 10.2 Å². The van der Waals surface area contributed by atoms with E-state index in [0.29, 0.717) is 6.61 Å². The van der Waals surface area contributed by atoms with Crippen LogP contribution in [-0.4, -0.2) is 21.4 Å². The summed E-state index contributed by atoms with van der Waals surface area (Å²) in [6.07, 6.45) is 1.73. The number of rotatable bonds is 0. The molecule has 0 N–H and O–H groups in total. The summed E-state index contributed by atoms with van der Waals surface area (Å²) < 4.78 is 7.13. The summed E-state index contributed by atoms with van der Waals surface area (Å²) in [6.45, 7) is 2.29. The van der Waals surface area contributed by atoms with Crippen LogP contribution in [0.25, 0.3) is 0 Å². The fraction of sp³-hybridized carbons (Fsp3) is 0.600. The van der Waals surface area contributed by atoms with Gasteiger partial charge in [0.05, 0.1) is 6.61 Å². The van der Waals surface area contributed by atoms with Crippen LogP contribution >= 0.6 is 0 Å². The normalized spacial score (nSPS) is 17.3. The maximum absolute atomic E-state index is 5.13. The first-order valence-corrected chi connectivity index (χ1v) is 2.91. The van der Waals surface area contributed by atoms with Crippen molar-refractivity contribution in [1.82, 2.24) is 14.8 Å². The predicted octanol–water partition coefficient (Wildman–Crippen LogP) is -0.192. The van der Waals surface area contributed by atoms with Crippen LogP contribution in [0, 0.1) is 0 Å². The number of hydrogen-bond donors (Lipinski definition) is 0. The molecule has 0 aliphatic carbocycles. The van der Waals surface area contributed by atoms with Crippen molar-refractivity contribution in [1.29, 1.82) is 0 Å². The van der Waals surface area contributed by atoms with E-state index < -0.39 is 0 Å². The van der Waals surface area contributed by atoms with Crippen molar-refractivity contribution in [2.45, 2.75) is 13.2 Å². The van der Waals surface area contributed by atoms with E-state index in [-0.39, 0.29) is 0 Å². The lowest BCUT2D eigenvalue weighted by atomic mass is 10.5. The first kappa shape index (κ1) is 4.93. The monoisotopic (exact) mass is 125 g/mol. The number of hydrogen-bond acceptors (Lipinski definition) is 3. The SMILES string of the molecule is c1nnc2n1CCOC2. The molecule has 1 aliphatic heterocycles. The summed E-state index contributed by atoms with van der Waals surface area (Å²) in [5.74, 6) is 0.932. The van der Waals surface area contributed by atoms with Gasteiger partial charge in [0.2, 0.25) is 0 Å². The largest absolute Gasteiger partial charge is 0.372 e. The minimum Gasteiger partial charge on any atom is -0.372 e. The zero-order chi connectivity index (χ0) is 6.10. The standard InChI is InChI=1S/C5H7N3O/c1-2-9-3-5-7-6-4-8(1)5/h4H,1-3H2. The maximum Gasteiger partial charge on any atom is 0.158 e. The minimum absolute atomic E-state index is 0.611. The van der Waals surface area contributed by atoms with Gasteiger partial charge in [0.1, 0.15) is 12.9 Å². The van der Waals surface area contributed by atoms with Crippen molar-refractivity contribution >= 4 is 0 Å². The van der Waals surface area contributed by atoms with Gasteiger partial charge >= 0.3 is 0 Å². The highest BCUT2D eigenvalue weighted by Crippen LogP contribution is 2.02. The maximum atomic E-state index is 5.13. The van der Waals surface area contributed by atoms with E-state index >= 15 is 0 Å². The Morgan fingerprint density at radius 2 is 2.67 bits per heavy atom. The second kappa shape index (κ2) is 1.80. The molecule has 0 aromatic carbocycles. The van der Waals surface area contributed by atoms with E-state index in [0.717, 1.165) is 19.0 Å². The van der Waals surface area contributed by atoms with Gasteiger partial charge in [-0.1, -0.05) is 0 Å². The zero-order valence-corrected chi connectivity index (χ0v) is 4.95. The highest BCUT2D eigenvalue weighted by Gasteiger charge is 2.08. The van der Waals surface area contributed by atoms with Gasteiger partial charge in [0.25, 0.3) is 0 Å². The first-order chi connectivity index (χ1) is 4.47. The molecule has 0 saturated carbocycles. The molecule has 0 atom stereocenters. The number of aromatic nitrogens is 3. The van der Waals surface area contributed by atoms with Crippen molar-refractivity contribution in [3.8, 4) is 0 Å². The van der Waals surface area contributed by atoms with Crippen LogP contribution in [0.1, 0.15) is 5.82 Å². The van der Waals surface area contributed by atoms with Crippen LogP contribution in [0.5, 0.6) is 0 Å². The molecule has 0 amide bonds. The molecule has 0 saturated heterocycles. The summed E-state index contributed by atoms with van der Waals surface area (Å²) in [6, 6.07) is 0. The molecule has 9 heavy (non-hydrogen) atoms. The topological polar surface area (TPSA) is 39.9 Å². The van der Waals surface area contributed by atoms with Crippen molar-refractivity contribution in [2.24, 2.45) is 0 Å². The molecular weight excluding hydrogens is 118 g/mol. The lowest BCUT2D eigenvalue weighted by molar-refractivity contribution is 0.0815. The van der Waals surface area contributed by atoms with Gasteiger partial charge in [-0.05, 0) is 0 Å². The molecule has 1 aliphatic rings. The van der Waals surface area contributed by atoms with Crippen LogP contribution in [0.3, 0.4) is 0 Å². The average molecular weight is 125 g/mol. The summed E-state index contributed by atoms with van der Waals surface area (Å²) in [7, 11) is 0. The average Bonchev–Trinajstić information content (AvgIpc) is 2.33. The molecule has 48 valence electrons. The summed E-state index contributed by atoms with van der Waals surface area (Å²) in [5, 5.41) is 7.58. The molecule has 1 aromatic heterocycles. The third kappa shape index (κ3) is 0.712. The summed E-state index contributed by atoms with van der Waals surface area (Å²) >= 11 is 0. The highest BCUT2D eigenvalue weighted by molar-refractivity contribution is 4.84. The molecule has 4 heteroatoms. The van der Waals surface area contributed by atoms with Gasteiger partial charge < -0.3 is 9.30 Å². The Labute approximate surface area is 52.5 Å². The van der Waals surface area contributed by atoms with Crippen molar-refractivity contribution in [3.63, 3.8) is 0 Å². The lowest BCUT2D eigenvalue weighted by Crippen LogP contribution is -2.15. The smallest absolute Gasteiger partial charge is 0.158 e. The summed E-state index contributed by atoms with van der Waals surface area (Å²) in [4.78, 5) is 0. The van der Waals surface area contributed by atoms with Crippen molar-refractivity contribution < 1.29 is 4.74 Å². The molecule has 0 spiro atoms. The van der Waals surface area contributed by atoms with Gasteiger partial charge in [0.15, 0.2) is 5.82 Å². The van der Waals surface area contributed by atoms with E-state index in [1.54, 1.807) is 6.33 Å². The van der Waals surface area contributed by atoms with Gasteiger partial charge in [0, 0.05) is 6.54 Å². The highest BCUT2D eigenvalue weighted by atomic mass is 16.5. The second-order valence-electron chi connectivity index (χ2n) is 1.99. The Morgan fingerprint density at radius 1 is 1.67 bits per heavy atom. The molecule has 0 bridgehead atoms. The number of nitrogens with zero attached hydrogens (tertiary/aromatic N) is 3. The quantitative estimate of drug-likeness (QED) is 0.482. The van der Waals surface area contributed by atoms with Gasteiger partial charge in [-0.2, -0.15) is 0 Å². The van der Waals surface area contributed by atoms with Crippen molar-refractivity contribution in [3.05, 3.63) is 12.2 Å². The van der Waals surface area contributed by atoms with E-state index in [9.17, 15) is 0 Å². The van der Waals surface area contributed by atoms with Gasteiger partial charge in [-0.3, -0.25) is 0 Å². The second-order valence-corrected chi connectivity index (χ2v) is 1.99. The molecule has 1 aromatic rings. The van der Waals surface area contributed by atoms with E-state index in [1.807, 2.05) is 4.57 Å². The van der Waals surface area contributed by atoms with Gasteiger partial charge in [-0.25, -0.2) is 0 Å². The molecular formula is C5H7N3O. The number of fused-ring (bicyclic) bond motifs is 1. The molecule has 0 fully saturated rings. The van der Waals surface area contributed by atoms with E-state index in [1.165, 1.54) is 0 Å². The molecule has 4 nitrogen and oxygen atoms in total. The fourth-order valence-corrected chi connectivity index (χ4v) is 0.904. The van der Waals surface area contributed by atoms with Crippen molar-refractivity contribution in [2.75, 3.05) is 6.61 Å². The Hall–Kier alpha value is -0.900. The zero-order valence-electron chi connectivity index (χ0n) is 4.95. The third-order valence-corrected chi connectivity index (χ3v) is 1.40. The van der Waals surface area contributed by atoms with Crippen LogP contribution < -0.4 is 0 Å². The predicted molar refractivity (Wildman–Crippen MR) is 29.7 cm³/mol. The number of ether oxygens (including phenoxy) is 1. The van der Waals surface area contributed by atoms with Crippen LogP contribution in [0.2, 0.25) is 0 Å². The minimum atomic E-state index is 0.611. The first-order valence-electron chi connectivity index (χ1n) is 2.91. The molecule has 0 radical (unpaired) electrons.